The monoisotopic (exact) mass is 447 g/mol. The van der Waals surface area contributed by atoms with Crippen LogP contribution in [0.4, 0.5) is 4.39 Å². The fourth-order valence-corrected chi connectivity index (χ4v) is 4.73. The summed E-state index contributed by atoms with van der Waals surface area (Å²) < 4.78 is 36.7. The van der Waals surface area contributed by atoms with Crippen molar-refractivity contribution in [2.24, 2.45) is 0 Å². The number of hydrogen-bond donors (Lipinski definition) is 1. The van der Waals surface area contributed by atoms with Crippen molar-refractivity contribution in [3.8, 4) is 16.9 Å². The fraction of sp³-hybridized carbons (Fsp3) is 0.269. The van der Waals surface area contributed by atoms with E-state index in [1.165, 1.54) is 12.1 Å². The van der Waals surface area contributed by atoms with Crippen molar-refractivity contribution in [2.45, 2.75) is 37.4 Å². The summed E-state index contributed by atoms with van der Waals surface area (Å²) in [5.74, 6) is -0.0981. The molecule has 0 saturated carbocycles. The van der Waals surface area contributed by atoms with Gasteiger partial charge in [-0.2, -0.15) is 0 Å². The third kappa shape index (κ3) is 3.88. The number of nitrogens with zero attached hydrogens (tertiary/aromatic N) is 1. The Morgan fingerprint density at radius 1 is 1.12 bits per heavy atom. The molecule has 4 heterocycles. The van der Waals surface area contributed by atoms with Crippen LogP contribution in [0.3, 0.4) is 0 Å². The Morgan fingerprint density at radius 2 is 2.06 bits per heavy atom. The highest BCUT2D eigenvalue weighted by Gasteiger charge is 2.46. The summed E-state index contributed by atoms with van der Waals surface area (Å²) in [6.45, 7) is 0.691. The molecule has 0 amide bonds. The van der Waals surface area contributed by atoms with E-state index < -0.39 is 17.7 Å². The minimum atomic E-state index is -1.21. The zero-order valence-electron chi connectivity index (χ0n) is 17.7. The average Bonchev–Trinajstić information content (AvgIpc) is 3.46. The largest absolute Gasteiger partial charge is 0.489 e. The summed E-state index contributed by atoms with van der Waals surface area (Å²) in [7, 11) is 0. The predicted molar refractivity (Wildman–Crippen MR) is 118 cm³/mol. The van der Waals surface area contributed by atoms with Gasteiger partial charge in [0.15, 0.2) is 6.29 Å². The van der Waals surface area contributed by atoms with Crippen LogP contribution < -0.4 is 4.74 Å². The van der Waals surface area contributed by atoms with Crippen LogP contribution in [0, 0.1) is 5.82 Å². The van der Waals surface area contributed by atoms with Gasteiger partial charge in [-0.15, -0.1) is 0 Å². The fourth-order valence-electron chi connectivity index (χ4n) is 4.73. The van der Waals surface area contributed by atoms with E-state index in [2.05, 4.69) is 4.98 Å². The number of ether oxygens (including phenoxy) is 3. The summed E-state index contributed by atoms with van der Waals surface area (Å²) in [4.78, 5) is 4.48. The molecule has 2 fully saturated rings. The maximum atomic E-state index is 14.4. The molecule has 6 nitrogen and oxygen atoms in total. The van der Waals surface area contributed by atoms with Gasteiger partial charge < -0.3 is 23.7 Å². The Kier molecular flexibility index (Phi) is 4.90. The summed E-state index contributed by atoms with van der Waals surface area (Å²) in [6.07, 6.45) is 5.10. The number of fused-ring (bicyclic) bond motifs is 3. The maximum absolute atomic E-state index is 14.4. The van der Waals surface area contributed by atoms with E-state index in [0.29, 0.717) is 24.3 Å². The molecule has 3 atom stereocenters. The molecule has 2 saturated heterocycles. The summed E-state index contributed by atoms with van der Waals surface area (Å²) in [6, 6.07) is 14.2. The Bertz CT molecular complexity index is 1290. The Labute approximate surface area is 189 Å². The second-order valence-corrected chi connectivity index (χ2v) is 8.65. The van der Waals surface area contributed by atoms with Crippen molar-refractivity contribution >= 4 is 10.9 Å². The SMILES string of the molecule is O[C@@]1(c2cc(F)cc(OCc3ccc4c(-c5ccoc5)ccnc4c3)c2)C[C@H]2CO[C@@H](C1)O2. The molecule has 168 valence electrons. The van der Waals surface area contributed by atoms with E-state index in [0.717, 1.165) is 27.6 Å². The molecule has 0 unspecified atom stereocenters. The summed E-state index contributed by atoms with van der Waals surface area (Å²) >= 11 is 0. The van der Waals surface area contributed by atoms with Crippen LogP contribution in [-0.2, 0) is 21.7 Å². The van der Waals surface area contributed by atoms with Crippen LogP contribution >= 0.6 is 0 Å². The Morgan fingerprint density at radius 3 is 2.91 bits per heavy atom. The normalized spacial score (nSPS) is 24.3. The molecular formula is C26H22FNO5. The van der Waals surface area contributed by atoms with Crippen molar-refractivity contribution in [1.82, 2.24) is 4.98 Å². The first kappa shape index (κ1) is 20.4. The predicted octanol–water partition coefficient (Wildman–Crippen LogP) is 4.94. The molecule has 33 heavy (non-hydrogen) atoms. The van der Waals surface area contributed by atoms with Crippen molar-refractivity contribution in [1.29, 1.82) is 0 Å². The van der Waals surface area contributed by atoms with Gasteiger partial charge in [0, 0.05) is 36.1 Å². The van der Waals surface area contributed by atoms with Crippen LogP contribution in [0.15, 0.2) is 71.7 Å². The number of pyridine rings is 1. The molecule has 7 heteroatoms. The molecule has 0 aliphatic carbocycles. The van der Waals surface area contributed by atoms with Crippen molar-refractivity contribution in [3.05, 3.63) is 84.2 Å². The van der Waals surface area contributed by atoms with Gasteiger partial charge in [-0.1, -0.05) is 12.1 Å². The highest BCUT2D eigenvalue weighted by atomic mass is 19.1. The first-order valence-corrected chi connectivity index (χ1v) is 10.9. The second kappa shape index (κ2) is 7.95. The molecule has 2 bridgehead atoms. The minimum absolute atomic E-state index is 0.182. The van der Waals surface area contributed by atoms with Crippen LogP contribution in [0.1, 0.15) is 24.0 Å². The molecule has 0 radical (unpaired) electrons. The van der Waals surface area contributed by atoms with Gasteiger partial charge in [0.05, 0.1) is 36.4 Å². The molecule has 2 aliphatic heterocycles. The number of rotatable bonds is 5. The molecule has 0 spiro atoms. The number of halogens is 1. The van der Waals surface area contributed by atoms with Crippen molar-refractivity contribution in [2.75, 3.05) is 6.61 Å². The number of aromatic nitrogens is 1. The van der Waals surface area contributed by atoms with Gasteiger partial charge in [-0.3, -0.25) is 4.98 Å². The van der Waals surface area contributed by atoms with Gasteiger partial charge >= 0.3 is 0 Å². The van der Waals surface area contributed by atoms with E-state index in [4.69, 9.17) is 18.6 Å². The van der Waals surface area contributed by atoms with Crippen LogP contribution in [0.25, 0.3) is 22.0 Å². The zero-order valence-corrected chi connectivity index (χ0v) is 17.7. The van der Waals surface area contributed by atoms with Gasteiger partial charge in [0.2, 0.25) is 0 Å². The third-order valence-corrected chi connectivity index (χ3v) is 6.34. The first-order valence-electron chi connectivity index (χ1n) is 10.9. The second-order valence-electron chi connectivity index (χ2n) is 8.65. The van der Waals surface area contributed by atoms with Crippen LogP contribution in [-0.4, -0.2) is 29.1 Å². The molecular weight excluding hydrogens is 425 g/mol. The summed E-state index contributed by atoms with van der Waals surface area (Å²) in [5, 5.41) is 12.2. The lowest BCUT2D eigenvalue weighted by Gasteiger charge is -2.35. The number of benzene rings is 2. The standard InChI is InChI=1S/C26H22FNO5/c27-19-8-18(26(29)11-21-15-32-25(12-26)33-21)9-20(10-19)31-13-16-1-2-23-22(17-4-6-30-14-17)3-5-28-24(23)7-16/h1-10,14,21,25,29H,11-13,15H2/t21-,25+,26-/m0/s1. The van der Waals surface area contributed by atoms with E-state index in [-0.39, 0.29) is 19.1 Å². The molecule has 2 aromatic carbocycles. The Balaban J connectivity index is 1.23. The highest BCUT2D eigenvalue weighted by Crippen LogP contribution is 2.42. The first-order chi connectivity index (χ1) is 16.1. The smallest absolute Gasteiger partial charge is 0.161 e. The molecule has 6 rings (SSSR count). The van der Waals surface area contributed by atoms with Crippen LogP contribution in [0.5, 0.6) is 5.75 Å². The van der Waals surface area contributed by atoms with Crippen molar-refractivity contribution in [3.63, 3.8) is 0 Å². The highest BCUT2D eigenvalue weighted by molar-refractivity contribution is 5.94. The number of furan rings is 1. The van der Waals surface area contributed by atoms with Gasteiger partial charge in [-0.25, -0.2) is 4.39 Å². The van der Waals surface area contributed by atoms with E-state index in [9.17, 15) is 9.50 Å². The van der Waals surface area contributed by atoms with Gasteiger partial charge in [0.1, 0.15) is 18.2 Å². The lowest BCUT2D eigenvalue weighted by molar-refractivity contribution is -0.159. The maximum Gasteiger partial charge on any atom is 0.161 e. The molecule has 1 N–H and O–H groups in total. The minimum Gasteiger partial charge on any atom is -0.489 e. The topological polar surface area (TPSA) is 74.0 Å². The molecule has 4 aromatic rings. The lowest BCUT2D eigenvalue weighted by Crippen LogP contribution is -2.39. The Hall–Kier alpha value is -3.26. The quantitative estimate of drug-likeness (QED) is 0.467. The summed E-state index contributed by atoms with van der Waals surface area (Å²) in [5.41, 5.74) is 3.04. The van der Waals surface area contributed by atoms with Crippen molar-refractivity contribution < 1.29 is 28.1 Å². The molecule has 2 aromatic heterocycles. The zero-order chi connectivity index (χ0) is 22.4. The lowest BCUT2D eigenvalue weighted by atomic mass is 9.84. The van der Waals surface area contributed by atoms with E-state index in [1.54, 1.807) is 24.8 Å². The molecule has 2 aliphatic rings. The van der Waals surface area contributed by atoms with E-state index in [1.807, 2.05) is 30.3 Å². The van der Waals surface area contributed by atoms with E-state index >= 15 is 0 Å². The average molecular weight is 447 g/mol. The van der Waals surface area contributed by atoms with Gasteiger partial charge in [0.25, 0.3) is 0 Å². The third-order valence-electron chi connectivity index (χ3n) is 6.34. The number of hydrogen-bond acceptors (Lipinski definition) is 6. The number of aliphatic hydroxyl groups is 1. The van der Waals surface area contributed by atoms with Gasteiger partial charge in [-0.05, 0) is 47.0 Å². The van der Waals surface area contributed by atoms with Crippen LogP contribution in [0.2, 0.25) is 0 Å².